The quantitative estimate of drug-likeness (QED) is 0.485. The lowest BCUT2D eigenvalue weighted by Gasteiger charge is -2.32. The molecule has 0 aromatic rings. The van der Waals surface area contributed by atoms with Gasteiger partial charge in [0.2, 0.25) is 17.7 Å². The summed E-state index contributed by atoms with van der Waals surface area (Å²) in [6, 6.07) is -1.86. The standard InChI is InChI=1S/C11H17N3O5/c1-6-8(15)13-11(18)14(10(6)17)7(2)9(16)12-4-5-19-3/h6-7H,4-5H2,1-3H3,(H,12,16)(H,13,15,18). The van der Waals surface area contributed by atoms with E-state index in [1.165, 1.54) is 21.0 Å². The number of hydrogen-bond acceptors (Lipinski definition) is 5. The summed E-state index contributed by atoms with van der Waals surface area (Å²) in [5.74, 6) is -2.80. The average molecular weight is 271 g/mol. The zero-order valence-electron chi connectivity index (χ0n) is 11.1. The Morgan fingerprint density at radius 3 is 2.68 bits per heavy atom. The zero-order chi connectivity index (χ0) is 14.6. The smallest absolute Gasteiger partial charge is 0.331 e. The van der Waals surface area contributed by atoms with E-state index in [2.05, 4.69) is 5.32 Å². The van der Waals surface area contributed by atoms with Crippen LogP contribution in [0.1, 0.15) is 13.8 Å². The summed E-state index contributed by atoms with van der Waals surface area (Å²) in [6.45, 7) is 3.40. The fourth-order valence-corrected chi connectivity index (χ4v) is 1.60. The summed E-state index contributed by atoms with van der Waals surface area (Å²) in [6.07, 6.45) is 0. The van der Waals surface area contributed by atoms with Crippen molar-refractivity contribution in [1.82, 2.24) is 15.5 Å². The maximum atomic E-state index is 11.9. The third-order valence-corrected chi connectivity index (χ3v) is 2.82. The van der Waals surface area contributed by atoms with Crippen molar-refractivity contribution in [2.75, 3.05) is 20.3 Å². The molecule has 2 N–H and O–H groups in total. The molecule has 0 radical (unpaired) electrons. The molecular weight excluding hydrogens is 254 g/mol. The number of amides is 5. The minimum absolute atomic E-state index is 0.276. The zero-order valence-corrected chi connectivity index (χ0v) is 11.1. The number of carbonyl (C=O) groups excluding carboxylic acids is 4. The van der Waals surface area contributed by atoms with Crippen molar-refractivity contribution >= 4 is 23.8 Å². The minimum atomic E-state index is -0.986. The van der Waals surface area contributed by atoms with Crippen molar-refractivity contribution in [2.45, 2.75) is 19.9 Å². The van der Waals surface area contributed by atoms with Crippen LogP contribution >= 0.6 is 0 Å². The maximum Gasteiger partial charge on any atom is 0.331 e. The lowest BCUT2D eigenvalue weighted by molar-refractivity contribution is -0.146. The van der Waals surface area contributed by atoms with Crippen molar-refractivity contribution in [1.29, 1.82) is 0 Å². The predicted molar refractivity (Wildman–Crippen MR) is 63.9 cm³/mol. The molecule has 106 valence electrons. The van der Waals surface area contributed by atoms with Gasteiger partial charge >= 0.3 is 6.03 Å². The first kappa shape index (κ1) is 15.1. The average Bonchev–Trinajstić information content (AvgIpc) is 2.36. The van der Waals surface area contributed by atoms with Gasteiger partial charge in [-0.3, -0.25) is 24.6 Å². The molecule has 1 saturated heterocycles. The van der Waals surface area contributed by atoms with Crippen LogP contribution in [0, 0.1) is 5.92 Å². The molecule has 0 aromatic carbocycles. The Bertz CT molecular complexity index is 409. The van der Waals surface area contributed by atoms with Gasteiger partial charge in [-0.1, -0.05) is 0 Å². The molecule has 0 spiro atoms. The third-order valence-electron chi connectivity index (χ3n) is 2.82. The Morgan fingerprint density at radius 2 is 2.11 bits per heavy atom. The number of nitrogens with zero attached hydrogens (tertiary/aromatic N) is 1. The van der Waals surface area contributed by atoms with Crippen LogP contribution in [0.2, 0.25) is 0 Å². The van der Waals surface area contributed by atoms with Crippen LogP contribution in [0.25, 0.3) is 0 Å². The SMILES string of the molecule is COCCNC(=O)C(C)N1C(=O)NC(=O)C(C)C1=O. The largest absolute Gasteiger partial charge is 0.383 e. The van der Waals surface area contributed by atoms with Gasteiger partial charge in [-0.2, -0.15) is 0 Å². The lowest BCUT2D eigenvalue weighted by Crippen LogP contribution is -2.62. The highest BCUT2D eigenvalue weighted by molar-refractivity contribution is 6.17. The van der Waals surface area contributed by atoms with Gasteiger partial charge in [-0.15, -0.1) is 0 Å². The number of urea groups is 1. The summed E-state index contributed by atoms with van der Waals surface area (Å²) in [5.41, 5.74) is 0. The van der Waals surface area contributed by atoms with E-state index in [0.29, 0.717) is 6.61 Å². The van der Waals surface area contributed by atoms with Crippen LogP contribution in [-0.2, 0) is 19.1 Å². The molecule has 1 aliphatic rings. The van der Waals surface area contributed by atoms with Crippen molar-refractivity contribution in [3.8, 4) is 0 Å². The molecule has 0 aliphatic carbocycles. The second-order valence-corrected chi connectivity index (χ2v) is 4.18. The molecule has 1 aliphatic heterocycles. The van der Waals surface area contributed by atoms with Crippen molar-refractivity contribution in [2.24, 2.45) is 5.92 Å². The highest BCUT2D eigenvalue weighted by Gasteiger charge is 2.41. The van der Waals surface area contributed by atoms with E-state index in [4.69, 9.17) is 4.74 Å². The van der Waals surface area contributed by atoms with E-state index >= 15 is 0 Å². The molecule has 1 rings (SSSR count). The third kappa shape index (κ3) is 3.28. The van der Waals surface area contributed by atoms with E-state index in [0.717, 1.165) is 4.90 Å². The van der Waals surface area contributed by atoms with Crippen molar-refractivity contribution < 1.29 is 23.9 Å². The summed E-state index contributed by atoms with van der Waals surface area (Å²) < 4.78 is 4.77. The molecule has 1 heterocycles. The Balaban J connectivity index is 2.71. The number of rotatable bonds is 5. The predicted octanol–water partition coefficient (Wildman–Crippen LogP) is -1.15. The van der Waals surface area contributed by atoms with Gasteiger partial charge in [0.1, 0.15) is 12.0 Å². The molecule has 2 unspecified atom stereocenters. The van der Waals surface area contributed by atoms with Crippen molar-refractivity contribution in [3.05, 3.63) is 0 Å². The first-order valence-corrected chi connectivity index (χ1v) is 5.84. The minimum Gasteiger partial charge on any atom is -0.383 e. The Hall–Kier alpha value is -1.96. The molecule has 19 heavy (non-hydrogen) atoms. The molecule has 0 aromatic heterocycles. The second kappa shape index (κ2) is 6.28. The fourth-order valence-electron chi connectivity index (χ4n) is 1.60. The second-order valence-electron chi connectivity index (χ2n) is 4.18. The molecule has 8 nitrogen and oxygen atoms in total. The first-order chi connectivity index (χ1) is 8.90. The number of imide groups is 2. The highest BCUT2D eigenvalue weighted by atomic mass is 16.5. The first-order valence-electron chi connectivity index (χ1n) is 5.84. The Kier molecular flexibility index (Phi) is 4.99. The van der Waals surface area contributed by atoms with Crippen LogP contribution in [0.3, 0.4) is 0 Å². The van der Waals surface area contributed by atoms with E-state index in [9.17, 15) is 19.2 Å². The molecule has 8 heteroatoms. The van der Waals surface area contributed by atoms with Crippen LogP contribution in [0.5, 0.6) is 0 Å². The molecular formula is C11H17N3O5. The van der Waals surface area contributed by atoms with Crippen LogP contribution in [0.15, 0.2) is 0 Å². The van der Waals surface area contributed by atoms with Gasteiger partial charge in [0, 0.05) is 13.7 Å². The van der Waals surface area contributed by atoms with Crippen LogP contribution in [-0.4, -0.2) is 55.0 Å². The van der Waals surface area contributed by atoms with Gasteiger partial charge in [0.15, 0.2) is 0 Å². The maximum absolute atomic E-state index is 11.9. The van der Waals surface area contributed by atoms with E-state index in [1.807, 2.05) is 5.32 Å². The Labute approximate surface area is 110 Å². The van der Waals surface area contributed by atoms with Gasteiger partial charge in [0.05, 0.1) is 6.61 Å². The van der Waals surface area contributed by atoms with Gasteiger partial charge < -0.3 is 10.1 Å². The molecule has 0 saturated carbocycles. The van der Waals surface area contributed by atoms with E-state index < -0.39 is 35.7 Å². The normalized spacial score (nSPS) is 21.1. The van der Waals surface area contributed by atoms with E-state index in [1.54, 1.807) is 0 Å². The number of carbonyl (C=O) groups is 4. The lowest BCUT2D eigenvalue weighted by atomic mass is 10.1. The van der Waals surface area contributed by atoms with Gasteiger partial charge in [-0.05, 0) is 13.8 Å². The molecule has 2 atom stereocenters. The van der Waals surface area contributed by atoms with Gasteiger partial charge in [-0.25, -0.2) is 4.79 Å². The molecule has 5 amide bonds. The number of nitrogens with one attached hydrogen (secondary N) is 2. The van der Waals surface area contributed by atoms with Crippen LogP contribution < -0.4 is 10.6 Å². The summed E-state index contributed by atoms with van der Waals surface area (Å²) in [5, 5.41) is 4.56. The molecule has 0 bridgehead atoms. The van der Waals surface area contributed by atoms with E-state index in [-0.39, 0.29) is 6.54 Å². The monoisotopic (exact) mass is 271 g/mol. The number of hydrogen-bond donors (Lipinski definition) is 2. The fraction of sp³-hybridized carbons (Fsp3) is 0.636. The summed E-state index contributed by atoms with van der Waals surface area (Å²) in [7, 11) is 1.49. The molecule has 1 fully saturated rings. The van der Waals surface area contributed by atoms with Crippen molar-refractivity contribution in [3.63, 3.8) is 0 Å². The number of barbiturate groups is 1. The highest BCUT2D eigenvalue weighted by Crippen LogP contribution is 2.13. The van der Waals surface area contributed by atoms with Gasteiger partial charge in [0.25, 0.3) is 0 Å². The summed E-state index contributed by atoms with van der Waals surface area (Å²) >= 11 is 0. The Morgan fingerprint density at radius 1 is 1.47 bits per heavy atom. The topological polar surface area (TPSA) is 105 Å². The van der Waals surface area contributed by atoms with Crippen LogP contribution in [0.4, 0.5) is 4.79 Å². The number of ether oxygens (including phenoxy) is 1. The summed E-state index contributed by atoms with van der Waals surface area (Å²) in [4.78, 5) is 47.3. The number of methoxy groups -OCH3 is 1.